The molecule has 1 aromatic rings. The third-order valence-electron chi connectivity index (χ3n) is 2.60. The summed E-state index contributed by atoms with van der Waals surface area (Å²) < 4.78 is 5.17. The molecule has 90 valence electrons. The maximum absolute atomic E-state index is 6.10. The Morgan fingerprint density at radius 1 is 1.44 bits per heavy atom. The molecule has 0 aromatic heterocycles. The van der Waals surface area contributed by atoms with E-state index in [1.165, 1.54) is 12.8 Å². The van der Waals surface area contributed by atoms with Crippen LogP contribution < -0.4 is 10.1 Å². The van der Waals surface area contributed by atoms with E-state index >= 15 is 0 Å². The summed E-state index contributed by atoms with van der Waals surface area (Å²) >= 11 is 6.10. The van der Waals surface area contributed by atoms with E-state index < -0.39 is 0 Å². The molecule has 0 bridgehead atoms. The first kappa shape index (κ1) is 13.2. The fourth-order valence-electron chi connectivity index (χ4n) is 1.65. The average Bonchev–Trinajstić information content (AvgIpc) is 2.28. The zero-order chi connectivity index (χ0) is 12.0. The quantitative estimate of drug-likeness (QED) is 0.806. The molecule has 1 rings (SSSR count). The molecule has 0 amide bonds. The van der Waals surface area contributed by atoms with Gasteiger partial charge in [0.25, 0.3) is 0 Å². The smallest absolute Gasteiger partial charge is 0.121 e. The number of hydrogen-bond donors (Lipinski definition) is 1. The molecule has 0 spiro atoms. The predicted octanol–water partition coefficient (Wildman–Crippen LogP) is 4.20. The molecule has 0 radical (unpaired) electrons. The molecule has 1 unspecified atom stereocenters. The van der Waals surface area contributed by atoms with Crippen molar-refractivity contribution in [2.24, 2.45) is 5.92 Å². The number of benzene rings is 1. The molecular weight excluding hydrogens is 222 g/mol. The maximum atomic E-state index is 6.10. The van der Waals surface area contributed by atoms with Gasteiger partial charge in [0.05, 0.1) is 17.8 Å². The van der Waals surface area contributed by atoms with Crippen molar-refractivity contribution >= 4 is 17.3 Å². The third-order valence-corrected chi connectivity index (χ3v) is 2.93. The highest BCUT2D eigenvalue weighted by Crippen LogP contribution is 2.26. The van der Waals surface area contributed by atoms with Gasteiger partial charge in [0.1, 0.15) is 5.75 Å². The lowest BCUT2D eigenvalue weighted by atomic mass is 10.1. The van der Waals surface area contributed by atoms with Crippen LogP contribution in [-0.4, -0.2) is 13.7 Å². The van der Waals surface area contributed by atoms with Crippen molar-refractivity contribution in [2.75, 3.05) is 19.0 Å². The summed E-state index contributed by atoms with van der Waals surface area (Å²) in [7, 11) is 1.66. The average molecular weight is 242 g/mol. The molecule has 16 heavy (non-hydrogen) atoms. The van der Waals surface area contributed by atoms with Crippen LogP contribution in [0.4, 0.5) is 5.69 Å². The minimum atomic E-state index is 0.660. The SMILES string of the molecule is CCCC(C)CNc1cc(OC)ccc1Cl. The van der Waals surface area contributed by atoms with Crippen LogP contribution in [0.1, 0.15) is 26.7 Å². The van der Waals surface area contributed by atoms with Crippen molar-refractivity contribution < 1.29 is 4.74 Å². The van der Waals surface area contributed by atoms with Gasteiger partial charge in [-0.05, 0) is 24.5 Å². The number of hydrogen-bond acceptors (Lipinski definition) is 2. The number of methoxy groups -OCH3 is 1. The van der Waals surface area contributed by atoms with Crippen molar-refractivity contribution in [1.29, 1.82) is 0 Å². The van der Waals surface area contributed by atoms with Gasteiger partial charge >= 0.3 is 0 Å². The van der Waals surface area contributed by atoms with Gasteiger partial charge < -0.3 is 10.1 Å². The Hall–Kier alpha value is -0.890. The van der Waals surface area contributed by atoms with E-state index in [1.54, 1.807) is 7.11 Å². The molecule has 1 atom stereocenters. The molecule has 1 aromatic carbocycles. The van der Waals surface area contributed by atoms with Gasteiger partial charge in [-0.1, -0.05) is 31.9 Å². The fraction of sp³-hybridized carbons (Fsp3) is 0.538. The molecule has 0 aliphatic heterocycles. The van der Waals surface area contributed by atoms with Crippen LogP contribution in [0.3, 0.4) is 0 Å². The van der Waals surface area contributed by atoms with Gasteiger partial charge in [-0.25, -0.2) is 0 Å². The second kappa shape index (κ2) is 6.64. The van der Waals surface area contributed by atoms with Gasteiger partial charge in [-0.15, -0.1) is 0 Å². The normalized spacial score (nSPS) is 12.2. The number of halogens is 1. The lowest BCUT2D eigenvalue weighted by Crippen LogP contribution is -2.11. The van der Waals surface area contributed by atoms with Crippen LogP contribution in [0.25, 0.3) is 0 Å². The topological polar surface area (TPSA) is 21.3 Å². The van der Waals surface area contributed by atoms with Gasteiger partial charge in [0, 0.05) is 12.6 Å². The molecule has 0 aliphatic rings. The monoisotopic (exact) mass is 241 g/mol. The number of ether oxygens (including phenoxy) is 1. The van der Waals surface area contributed by atoms with E-state index in [-0.39, 0.29) is 0 Å². The van der Waals surface area contributed by atoms with E-state index in [0.717, 1.165) is 23.0 Å². The second-order valence-electron chi connectivity index (χ2n) is 4.12. The maximum Gasteiger partial charge on any atom is 0.121 e. The zero-order valence-electron chi connectivity index (χ0n) is 10.2. The summed E-state index contributed by atoms with van der Waals surface area (Å²) in [6.07, 6.45) is 2.45. The van der Waals surface area contributed by atoms with Crippen molar-refractivity contribution in [2.45, 2.75) is 26.7 Å². The Bertz CT molecular complexity index is 328. The molecule has 0 saturated carbocycles. The Morgan fingerprint density at radius 2 is 2.19 bits per heavy atom. The third kappa shape index (κ3) is 3.93. The number of rotatable bonds is 6. The predicted molar refractivity (Wildman–Crippen MR) is 70.6 cm³/mol. The largest absolute Gasteiger partial charge is 0.497 e. The summed E-state index contributed by atoms with van der Waals surface area (Å²) in [5.74, 6) is 1.49. The van der Waals surface area contributed by atoms with Crippen LogP contribution in [0.5, 0.6) is 5.75 Å². The van der Waals surface area contributed by atoms with Gasteiger partial charge in [0.2, 0.25) is 0 Å². The lowest BCUT2D eigenvalue weighted by molar-refractivity contribution is 0.415. The molecule has 0 heterocycles. The van der Waals surface area contributed by atoms with Crippen molar-refractivity contribution in [3.8, 4) is 5.75 Å². The zero-order valence-corrected chi connectivity index (χ0v) is 11.0. The van der Waals surface area contributed by atoms with Gasteiger partial charge in [-0.3, -0.25) is 0 Å². The molecule has 1 N–H and O–H groups in total. The van der Waals surface area contributed by atoms with Gasteiger partial charge in [0.15, 0.2) is 0 Å². The van der Waals surface area contributed by atoms with Crippen LogP contribution in [0, 0.1) is 5.92 Å². The summed E-state index contributed by atoms with van der Waals surface area (Å²) in [4.78, 5) is 0. The lowest BCUT2D eigenvalue weighted by Gasteiger charge is -2.14. The van der Waals surface area contributed by atoms with Crippen LogP contribution in [-0.2, 0) is 0 Å². The molecule has 0 fully saturated rings. The Balaban J connectivity index is 2.58. The summed E-state index contributed by atoms with van der Waals surface area (Å²) in [6, 6.07) is 5.65. The van der Waals surface area contributed by atoms with Crippen molar-refractivity contribution in [3.63, 3.8) is 0 Å². The van der Waals surface area contributed by atoms with Crippen LogP contribution in [0.2, 0.25) is 5.02 Å². The highest BCUT2D eigenvalue weighted by Gasteiger charge is 2.04. The number of nitrogens with one attached hydrogen (secondary N) is 1. The Labute approximate surface area is 103 Å². The minimum absolute atomic E-state index is 0.660. The molecular formula is C13H20ClNO. The van der Waals surface area contributed by atoms with E-state index in [2.05, 4.69) is 19.2 Å². The standard InChI is InChI=1S/C13H20ClNO/c1-4-5-10(2)9-15-13-8-11(16-3)6-7-12(13)14/h6-8,10,15H,4-5,9H2,1-3H3. The molecule has 2 nitrogen and oxygen atoms in total. The summed E-state index contributed by atoms with van der Waals surface area (Å²) in [5.41, 5.74) is 0.948. The molecule has 0 aliphatic carbocycles. The number of anilines is 1. The first-order valence-corrected chi connectivity index (χ1v) is 6.12. The highest BCUT2D eigenvalue weighted by molar-refractivity contribution is 6.33. The molecule has 0 saturated heterocycles. The fourth-order valence-corrected chi connectivity index (χ4v) is 1.83. The highest BCUT2D eigenvalue weighted by atomic mass is 35.5. The van der Waals surface area contributed by atoms with Crippen LogP contribution in [0.15, 0.2) is 18.2 Å². The Kier molecular flexibility index (Phi) is 5.47. The first-order valence-electron chi connectivity index (χ1n) is 5.74. The summed E-state index contributed by atoms with van der Waals surface area (Å²) in [6.45, 7) is 5.39. The van der Waals surface area contributed by atoms with Crippen molar-refractivity contribution in [3.05, 3.63) is 23.2 Å². The van der Waals surface area contributed by atoms with Crippen molar-refractivity contribution in [1.82, 2.24) is 0 Å². The second-order valence-corrected chi connectivity index (χ2v) is 4.53. The van der Waals surface area contributed by atoms with Gasteiger partial charge in [-0.2, -0.15) is 0 Å². The van der Waals surface area contributed by atoms with E-state index in [0.29, 0.717) is 5.92 Å². The minimum Gasteiger partial charge on any atom is -0.497 e. The summed E-state index contributed by atoms with van der Waals surface area (Å²) in [5, 5.41) is 4.10. The van der Waals surface area contributed by atoms with E-state index in [4.69, 9.17) is 16.3 Å². The Morgan fingerprint density at radius 3 is 2.81 bits per heavy atom. The first-order chi connectivity index (χ1) is 7.67. The van der Waals surface area contributed by atoms with E-state index in [1.807, 2.05) is 18.2 Å². The van der Waals surface area contributed by atoms with E-state index in [9.17, 15) is 0 Å². The molecule has 3 heteroatoms. The van der Waals surface area contributed by atoms with Crippen LogP contribution >= 0.6 is 11.6 Å².